The van der Waals surface area contributed by atoms with E-state index in [-0.39, 0.29) is 41.6 Å². The highest BCUT2D eigenvalue weighted by Crippen LogP contribution is 2.52. The zero-order valence-electron chi connectivity index (χ0n) is 22.0. The Morgan fingerprint density at radius 1 is 1.15 bits per heavy atom. The van der Waals surface area contributed by atoms with Gasteiger partial charge in [-0.15, -0.1) is 10.2 Å². The lowest BCUT2D eigenvalue weighted by Crippen LogP contribution is -2.50. The zero-order valence-corrected chi connectivity index (χ0v) is 22.0. The Kier molecular flexibility index (Phi) is 6.77. The van der Waals surface area contributed by atoms with Crippen LogP contribution < -0.4 is 10.1 Å². The number of rotatable bonds is 8. The highest BCUT2D eigenvalue weighted by Gasteiger charge is 2.54. The molecule has 0 bridgehead atoms. The molecule has 1 spiro atoms. The lowest BCUT2D eigenvalue weighted by Gasteiger charge is -2.44. The third kappa shape index (κ3) is 4.71. The van der Waals surface area contributed by atoms with Crippen LogP contribution in [0.3, 0.4) is 0 Å². The first-order valence-corrected chi connectivity index (χ1v) is 13.5. The number of benzene rings is 2. The minimum Gasteiger partial charge on any atom is -0.491 e. The van der Waals surface area contributed by atoms with Crippen LogP contribution in [0.5, 0.6) is 5.75 Å². The molecule has 2 N–H and O–H groups in total. The number of aliphatic imine (C=N–C) groups is 1. The van der Waals surface area contributed by atoms with Crippen LogP contribution in [0.15, 0.2) is 41.4 Å². The molecule has 1 aliphatic heterocycles. The second kappa shape index (κ2) is 10.4. The second-order valence-corrected chi connectivity index (χ2v) is 10.6. The number of ether oxygens (including phenoxy) is 1. The fourth-order valence-electron chi connectivity index (χ4n) is 5.94. The molecule has 2 aromatic carbocycles. The number of tetrazole rings is 1. The second-order valence-electron chi connectivity index (χ2n) is 10.6. The van der Waals surface area contributed by atoms with Gasteiger partial charge in [0.05, 0.1) is 19.7 Å². The summed E-state index contributed by atoms with van der Waals surface area (Å²) in [6.45, 7) is 0.138. The number of hydrogen-bond donors (Lipinski definition) is 2. The maximum absolute atomic E-state index is 14.6. The number of halogens is 2. The van der Waals surface area contributed by atoms with Crippen LogP contribution in [0.25, 0.3) is 0 Å². The maximum Gasteiger partial charge on any atom is 0.275 e. The van der Waals surface area contributed by atoms with E-state index in [1.807, 2.05) is 17.0 Å². The van der Waals surface area contributed by atoms with Crippen molar-refractivity contribution in [3.8, 4) is 5.75 Å². The predicted octanol–water partition coefficient (Wildman–Crippen LogP) is 3.86. The maximum atomic E-state index is 14.6. The van der Waals surface area contributed by atoms with Crippen LogP contribution in [0, 0.1) is 17.6 Å². The van der Waals surface area contributed by atoms with E-state index in [0.717, 1.165) is 49.8 Å². The Bertz CT molecular complexity index is 1430. The number of hydrogen-bond acceptors (Lipinski definition) is 7. The van der Waals surface area contributed by atoms with E-state index in [4.69, 9.17) is 9.73 Å². The van der Waals surface area contributed by atoms with Gasteiger partial charge in [0.2, 0.25) is 0 Å². The lowest BCUT2D eigenvalue weighted by atomic mass is 9.86. The van der Waals surface area contributed by atoms with Gasteiger partial charge >= 0.3 is 0 Å². The van der Waals surface area contributed by atoms with Crippen molar-refractivity contribution in [1.29, 1.82) is 0 Å². The Morgan fingerprint density at radius 2 is 1.85 bits per heavy atom. The van der Waals surface area contributed by atoms with Gasteiger partial charge < -0.3 is 15.0 Å². The molecule has 0 unspecified atom stereocenters. The topological polar surface area (TPSA) is 125 Å². The molecule has 0 radical (unpaired) electrons. The van der Waals surface area contributed by atoms with Crippen molar-refractivity contribution in [1.82, 2.24) is 30.8 Å². The van der Waals surface area contributed by atoms with Gasteiger partial charge in [-0.25, -0.2) is 8.78 Å². The summed E-state index contributed by atoms with van der Waals surface area (Å²) in [5.41, 5.74) is 0.773. The summed E-state index contributed by atoms with van der Waals surface area (Å²) in [4.78, 5) is 33.6. The minimum absolute atomic E-state index is 0.0745. The van der Waals surface area contributed by atoms with Crippen LogP contribution in [-0.2, 0) is 11.3 Å². The molecule has 2 fully saturated rings. The number of carbonyl (C=O) groups excluding carboxylic acids is 2. The molecule has 2 aliphatic carbocycles. The summed E-state index contributed by atoms with van der Waals surface area (Å²) >= 11 is 0. The van der Waals surface area contributed by atoms with Gasteiger partial charge in [0.15, 0.2) is 23.2 Å². The molecule has 40 heavy (non-hydrogen) atoms. The van der Waals surface area contributed by atoms with Crippen LogP contribution in [0.2, 0.25) is 0 Å². The SMILES string of the molecule is COc1c(F)cc(C2=NC3(CCCCC3)N([C@@H](c3ccc(C(=O)NCc4nn[nH]n4)cc3)C3CC3)C2=O)cc1F. The Hall–Kier alpha value is -4.22. The molecule has 1 aromatic heterocycles. The third-order valence-electron chi connectivity index (χ3n) is 7.98. The Labute approximate surface area is 229 Å². The number of nitrogens with zero attached hydrogens (tertiary/aromatic N) is 5. The van der Waals surface area contributed by atoms with Gasteiger partial charge in [0, 0.05) is 11.1 Å². The van der Waals surface area contributed by atoms with Crippen molar-refractivity contribution in [2.75, 3.05) is 7.11 Å². The van der Waals surface area contributed by atoms with Gasteiger partial charge in [0.25, 0.3) is 11.8 Å². The zero-order chi connectivity index (χ0) is 27.9. The molecule has 12 heteroatoms. The normalized spacial score (nSPS) is 19.0. The monoisotopic (exact) mass is 549 g/mol. The molecule has 208 valence electrons. The lowest BCUT2D eigenvalue weighted by molar-refractivity contribution is -0.133. The van der Waals surface area contributed by atoms with Crippen molar-refractivity contribution in [2.24, 2.45) is 10.9 Å². The first kappa shape index (κ1) is 26.0. The van der Waals surface area contributed by atoms with Crippen LogP contribution in [0.1, 0.15) is 78.3 Å². The smallest absolute Gasteiger partial charge is 0.275 e. The summed E-state index contributed by atoms with van der Waals surface area (Å²) in [7, 11) is 1.20. The van der Waals surface area contributed by atoms with E-state index in [0.29, 0.717) is 24.2 Å². The molecular formula is C28H29F2N7O3. The molecular weight excluding hydrogens is 520 g/mol. The molecule has 6 rings (SSSR count). The minimum atomic E-state index is -0.879. The van der Waals surface area contributed by atoms with Gasteiger partial charge in [0.1, 0.15) is 11.4 Å². The standard InChI is InChI=1S/C28H29F2N7O3/c1-40-25-20(29)13-19(14-21(25)30)23-27(39)37(28(32-23)11-3-2-4-12-28)24(16-5-6-16)17-7-9-18(10-8-17)26(38)31-15-22-33-35-36-34-22/h7-10,13-14,16,24H,2-6,11-12,15H2,1H3,(H,31,38)(H,33,34,35,36)/t24-/m1/s1. The number of H-pyrrole nitrogens is 1. The van der Waals surface area contributed by atoms with E-state index in [9.17, 15) is 18.4 Å². The average molecular weight is 550 g/mol. The van der Waals surface area contributed by atoms with E-state index in [1.54, 1.807) is 12.1 Å². The fourth-order valence-corrected chi connectivity index (χ4v) is 5.94. The summed E-state index contributed by atoms with van der Waals surface area (Å²) in [5, 5.41) is 16.2. The van der Waals surface area contributed by atoms with Gasteiger partial charge in [-0.2, -0.15) is 5.21 Å². The average Bonchev–Trinajstić information content (AvgIpc) is 3.59. The largest absolute Gasteiger partial charge is 0.491 e. The van der Waals surface area contributed by atoms with Crippen molar-refractivity contribution >= 4 is 17.5 Å². The van der Waals surface area contributed by atoms with Crippen molar-refractivity contribution in [2.45, 2.75) is 63.2 Å². The van der Waals surface area contributed by atoms with E-state index in [1.165, 1.54) is 7.11 Å². The Morgan fingerprint density at radius 3 is 2.45 bits per heavy atom. The van der Waals surface area contributed by atoms with Gasteiger partial charge in [-0.1, -0.05) is 23.8 Å². The quantitative estimate of drug-likeness (QED) is 0.440. The van der Waals surface area contributed by atoms with E-state index >= 15 is 0 Å². The fraction of sp³-hybridized carbons (Fsp3) is 0.429. The number of nitrogens with one attached hydrogen (secondary N) is 2. The number of amides is 2. The van der Waals surface area contributed by atoms with Crippen LogP contribution >= 0.6 is 0 Å². The van der Waals surface area contributed by atoms with Crippen LogP contribution in [-0.4, -0.2) is 55.8 Å². The van der Waals surface area contributed by atoms with Gasteiger partial charge in [-0.3, -0.25) is 14.6 Å². The van der Waals surface area contributed by atoms with Crippen LogP contribution in [0.4, 0.5) is 8.78 Å². The van der Waals surface area contributed by atoms with Crippen molar-refractivity contribution in [3.63, 3.8) is 0 Å². The number of methoxy groups -OCH3 is 1. The van der Waals surface area contributed by atoms with E-state index in [2.05, 4.69) is 25.9 Å². The first-order valence-electron chi connectivity index (χ1n) is 13.5. The molecule has 2 saturated carbocycles. The van der Waals surface area contributed by atoms with Crippen molar-refractivity contribution < 1.29 is 23.1 Å². The predicted molar refractivity (Wildman–Crippen MR) is 139 cm³/mol. The summed E-state index contributed by atoms with van der Waals surface area (Å²) in [6.07, 6.45) is 6.14. The molecule has 3 aromatic rings. The number of aromatic nitrogens is 4. The molecule has 2 amide bonds. The summed E-state index contributed by atoms with van der Waals surface area (Å²) < 4.78 is 34.1. The van der Waals surface area contributed by atoms with Crippen molar-refractivity contribution in [3.05, 3.63) is 70.5 Å². The molecule has 0 saturated heterocycles. The molecule has 2 heterocycles. The third-order valence-corrected chi connectivity index (χ3v) is 7.98. The Balaban J connectivity index is 1.31. The van der Waals surface area contributed by atoms with E-state index < -0.39 is 23.0 Å². The number of aromatic amines is 1. The summed E-state index contributed by atoms with van der Waals surface area (Å²) in [5.74, 6) is -2.25. The number of carbonyl (C=O) groups is 2. The molecule has 1 atom stereocenters. The highest BCUT2D eigenvalue weighted by atomic mass is 19.1. The summed E-state index contributed by atoms with van der Waals surface area (Å²) in [6, 6.07) is 9.19. The first-order chi connectivity index (χ1) is 19.4. The van der Waals surface area contributed by atoms with Gasteiger partial charge in [-0.05, 0) is 74.3 Å². The molecule has 10 nitrogen and oxygen atoms in total. The molecule has 3 aliphatic rings. The highest BCUT2D eigenvalue weighted by molar-refractivity contribution is 6.46.